The van der Waals surface area contributed by atoms with Gasteiger partial charge in [-0.25, -0.2) is 10.1 Å². The molecular weight excluding hydrogens is 431 g/mol. The van der Waals surface area contributed by atoms with Gasteiger partial charge in [0.2, 0.25) is 0 Å². The number of hydrogen-bond donors (Lipinski definition) is 2. The number of hydrazone groups is 1. The molecule has 2 aromatic heterocycles. The summed E-state index contributed by atoms with van der Waals surface area (Å²) in [6.45, 7) is 1.64. The molecule has 158 valence electrons. The van der Waals surface area contributed by atoms with Crippen molar-refractivity contribution in [3.63, 3.8) is 0 Å². The summed E-state index contributed by atoms with van der Waals surface area (Å²) in [4.78, 5) is 15.4. The van der Waals surface area contributed by atoms with Crippen molar-refractivity contribution < 1.29 is 18.0 Å². The third kappa shape index (κ3) is 4.04. The van der Waals surface area contributed by atoms with Crippen LogP contribution in [0.2, 0.25) is 5.15 Å². The summed E-state index contributed by atoms with van der Waals surface area (Å²) in [6.07, 6.45) is -1.59. The second-order valence-corrected chi connectivity index (χ2v) is 7.05. The van der Waals surface area contributed by atoms with Crippen molar-refractivity contribution in [3.8, 4) is 5.69 Å². The Bertz CT molecular complexity index is 1310. The molecule has 0 radical (unpaired) electrons. The highest BCUT2D eigenvalue weighted by Crippen LogP contribution is 2.31. The molecule has 10 heteroatoms. The second-order valence-electron chi connectivity index (χ2n) is 6.70. The fourth-order valence-corrected chi connectivity index (χ4v) is 3.44. The maximum atomic E-state index is 13.0. The van der Waals surface area contributed by atoms with Crippen LogP contribution in [0.3, 0.4) is 0 Å². The number of aryl methyl sites for hydroxylation is 1. The number of para-hydroxylation sites is 1. The molecule has 0 saturated heterocycles. The fourth-order valence-electron chi connectivity index (χ4n) is 3.12. The highest BCUT2D eigenvalue weighted by molar-refractivity contribution is 6.32. The van der Waals surface area contributed by atoms with E-state index in [0.29, 0.717) is 16.8 Å². The standard InChI is InChI=1S/C21H15ClF3N5O/c1-12-16(11-27-28-20(31)17-10-26-18-8-3-2-7-15(17)18)19(22)30(29-12)14-6-4-5-13(9-14)21(23,24)25/h2-11,26H,1H3,(H,28,31)/b27-11-. The van der Waals surface area contributed by atoms with E-state index in [1.54, 1.807) is 13.1 Å². The molecule has 2 N–H and O–H groups in total. The predicted molar refractivity (Wildman–Crippen MR) is 112 cm³/mol. The second kappa shape index (κ2) is 7.92. The van der Waals surface area contributed by atoms with Gasteiger partial charge in [0.25, 0.3) is 5.91 Å². The maximum absolute atomic E-state index is 13.0. The normalized spacial score (nSPS) is 12.0. The highest BCUT2D eigenvalue weighted by atomic mass is 35.5. The van der Waals surface area contributed by atoms with Gasteiger partial charge >= 0.3 is 6.18 Å². The number of nitrogens with zero attached hydrogens (tertiary/aromatic N) is 3. The first kappa shape index (κ1) is 20.7. The van der Waals surface area contributed by atoms with Crippen LogP contribution in [-0.2, 0) is 6.18 Å². The van der Waals surface area contributed by atoms with Gasteiger partial charge in [-0.3, -0.25) is 4.79 Å². The number of benzene rings is 2. The van der Waals surface area contributed by atoms with Crippen molar-refractivity contribution in [1.82, 2.24) is 20.2 Å². The fraction of sp³-hybridized carbons (Fsp3) is 0.0952. The van der Waals surface area contributed by atoms with Crippen LogP contribution in [-0.4, -0.2) is 26.9 Å². The molecule has 0 aliphatic rings. The lowest BCUT2D eigenvalue weighted by Crippen LogP contribution is -2.17. The molecule has 4 aromatic rings. The Morgan fingerprint density at radius 2 is 2.00 bits per heavy atom. The number of halogens is 4. The monoisotopic (exact) mass is 445 g/mol. The van der Waals surface area contributed by atoms with Crippen LogP contribution >= 0.6 is 11.6 Å². The first-order chi connectivity index (χ1) is 14.8. The molecular formula is C21H15ClF3N5O. The number of alkyl halides is 3. The van der Waals surface area contributed by atoms with Crippen LogP contribution in [0.25, 0.3) is 16.6 Å². The van der Waals surface area contributed by atoms with Crippen LogP contribution < -0.4 is 5.43 Å². The van der Waals surface area contributed by atoms with E-state index >= 15 is 0 Å². The Morgan fingerprint density at radius 3 is 2.77 bits per heavy atom. The van der Waals surface area contributed by atoms with Gasteiger partial charge in [0.15, 0.2) is 0 Å². The molecule has 0 spiro atoms. The van der Waals surface area contributed by atoms with Crippen LogP contribution in [0.5, 0.6) is 0 Å². The van der Waals surface area contributed by atoms with Crippen molar-refractivity contribution in [1.29, 1.82) is 0 Å². The lowest BCUT2D eigenvalue weighted by Gasteiger charge is -2.09. The van der Waals surface area contributed by atoms with Crippen LogP contribution in [0.15, 0.2) is 59.8 Å². The van der Waals surface area contributed by atoms with Gasteiger partial charge < -0.3 is 4.98 Å². The van der Waals surface area contributed by atoms with Crippen molar-refractivity contribution >= 4 is 34.6 Å². The molecule has 0 unspecified atom stereocenters. The smallest absolute Gasteiger partial charge is 0.360 e. The van der Waals surface area contributed by atoms with Crippen molar-refractivity contribution in [2.24, 2.45) is 5.10 Å². The Hall–Kier alpha value is -3.59. The molecule has 6 nitrogen and oxygen atoms in total. The molecule has 31 heavy (non-hydrogen) atoms. The first-order valence-corrected chi connectivity index (χ1v) is 9.46. The van der Waals surface area contributed by atoms with Crippen molar-refractivity contribution in [3.05, 3.63) is 82.3 Å². The summed E-state index contributed by atoms with van der Waals surface area (Å²) in [5.74, 6) is -0.423. The number of carbonyl (C=O) groups is 1. The van der Waals surface area contributed by atoms with Gasteiger partial charge in [0.05, 0.1) is 34.3 Å². The average molecular weight is 446 g/mol. The maximum Gasteiger partial charge on any atom is 0.416 e. The third-order valence-corrected chi connectivity index (χ3v) is 5.02. The number of aromatic amines is 1. The Labute approximate surface area is 179 Å². The molecule has 0 atom stereocenters. The van der Waals surface area contributed by atoms with E-state index in [-0.39, 0.29) is 10.8 Å². The zero-order valence-corrected chi connectivity index (χ0v) is 16.8. The summed E-state index contributed by atoms with van der Waals surface area (Å²) < 4.78 is 40.2. The quantitative estimate of drug-likeness (QED) is 0.339. The molecule has 2 heterocycles. The van der Waals surface area contributed by atoms with Gasteiger partial charge in [0, 0.05) is 17.1 Å². The average Bonchev–Trinajstić information content (AvgIpc) is 3.29. The number of H-pyrrole nitrogens is 1. The van der Waals surface area contributed by atoms with E-state index in [1.807, 2.05) is 24.3 Å². The summed E-state index contributed by atoms with van der Waals surface area (Å²) in [5.41, 5.74) is 3.83. The van der Waals surface area contributed by atoms with Crippen LogP contribution in [0.1, 0.15) is 27.2 Å². The van der Waals surface area contributed by atoms with E-state index in [4.69, 9.17) is 11.6 Å². The van der Waals surface area contributed by atoms with Gasteiger partial charge in [-0.05, 0) is 31.2 Å². The number of aromatic nitrogens is 3. The third-order valence-electron chi connectivity index (χ3n) is 4.66. The Balaban J connectivity index is 1.57. The number of amides is 1. The minimum absolute atomic E-state index is 0.0712. The highest BCUT2D eigenvalue weighted by Gasteiger charge is 2.30. The SMILES string of the molecule is Cc1nn(-c2cccc(C(F)(F)F)c2)c(Cl)c1/C=N\NC(=O)c1c[nH]c2ccccc12. The van der Waals surface area contributed by atoms with E-state index in [9.17, 15) is 18.0 Å². The molecule has 0 aliphatic carbocycles. The molecule has 0 fully saturated rings. The van der Waals surface area contributed by atoms with E-state index < -0.39 is 17.6 Å². The van der Waals surface area contributed by atoms with E-state index in [2.05, 4.69) is 20.6 Å². The lowest BCUT2D eigenvalue weighted by atomic mass is 10.2. The zero-order valence-electron chi connectivity index (χ0n) is 16.0. The minimum atomic E-state index is -4.48. The summed E-state index contributed by atoms with van der Waals surface area (Å²) >= 11 is 6.33. The molecule has 2 aromatic carbocycles. The Morgan fingerprint density at radius 1 is 1.23 bits per heavy atom. The minimum Gasteiger partial charge on any atom is -0.360 e. The van der Waals surface area contributed by atoms with Crippen molar-refractivity contribution in [2.75, 3.05) is 0 Å². The number of rotatable bonds is 4. The van der Waals surface area contributed by atoms with Gasteiger partial charge in [-0.2, -0.15) is 23.4 Å². The van der Waals surface area contributed by atoms with Crippen LogP contribution in [0, 0.1) is 6.92 Å². The van der Waals surface area contributed by atoms with Gasteiger partial charge in [-0.15, -0.1) is 0 Å². The molecule has 0 aliphatic heterocycles. The molecule has 1 amide bonds. The Kier molecular flexibility index (Phi) is 5.28. The molecule has 0 bridgehead atoms. The van der Waals surface area contributed by atoms with Crippen molar-refractivity contribution in [2.45, 2.75) is 13.1 Å². The number of hydrogen-bond acceptors (Lipinski definition) is 3. The number of carbonyl (C=O) groups excluding carboxylic acids is 1. The van der Waals surface area contributed by atoms with Gasteiger partial charge in [-0.1, -0.05) is 35.9 Å². The first-order valence-electron chi connectivity index (χ1n) is 9.08. The molecule has 0 saturated carbocycles. The number of nitrogens with one attached hydrogen (secondary N) is 2. The van der Waals surface area contributed by atoms with E-state index in [1.165, 1.54) is 23.0 Å². The zero-order chi connectivity index (χ0) is 22.2. The summed E-state index contributed by atoms with van der Waals surface area (Å²) in [5, 5.41) is 8.96. The molecule has 4 rings (SSSR count). The summed E-state index contributed by atoms with van der Waals surface area (Å²) in [7, 11) is 0. The number of fused-ring (bicyclic) bond motifs is 1. The summed E-state index contributed by atoms with van der Waals surface area (Å²) in [6, 6.07) is 12.0. The topological polar surface area (TPSA) is 75.1 Å². The largest absolute Gasteiger partial charge is 0.416 e. The van der Waals surface area contributed by atoms with Crippen LogP contribution in [0.4, 0.5) is 13.2 Å². The van der Waals surface area contributed by atoms with E-state index in [0.717, 1.165) is 23.0 Å². The van der Waals surface area contributed by atoms with Gasteiger partial charge in [0.1, 0.15) is 5.15 Å². The lowest BCUT2D eigenvalue weighted by molar-refractivity contribution is -0.137. The predicted octanol–water partition coefficient (Wildman–Crippen LogP) is 5.10.